The van der Waals surface area contributed by atoms with Gasteiger partial charge in [-0.1, -0.05) is 24.3 Å². The second kappa shape index (κ2) is 7.55. The monoisotopic (exact) mass is 365 g/mol. The van der Waals surface area contributed by atoms with Crippen LogP contribution in [-0.2, 0) is 17.8 Å². The smallest absolute Gasteiger partial charge is 0.227 e. The number of carbonyl (C=O) groups is 1. The molecule has 0 spiro atoms. The van der Waals surface area contributed by atoms with Gasteiger partial charge in [-0.3, -0.25) is 4.79 Å². The van der Waals surface area contributed by atoms with E-state index >= 15 is 0 Å². The molecule has 4 rings (SSSR count). The van der Waals surface area contributed by atoms with Crippen molar-refractivity contribution < 1.29 is 4.79 Å². The van der Waals surface area contributed by atoms with Gasteiger partial charge in [-0.05, 0) is 36.5 Å². The molecule has 0 bridgehead atoms. The molecule has 0 aliphatic carbocycles. The first-order valence-electron chi connectivity index (χ1n) is 9.72. The van der Waals surface area contributed by atoms with Crippen molar-refractivity contribution >= 4 is 17.7 Å². The molecule has 1 unspecified atom stereocenters. The largest absolute Gasteiger partial charge is 0.363 e. The van der Waals surface area contributed by atoms with Crippen molar-refractivity contribution in [1.29, 1.82) is 0 Å². The number of aromatic nitrogens is 2. The third-order valence-corrected chi connectivity index (χ3v) is 5.58. The van der Waals surface area contributed by atoms with E-state index in [1.165, 1.54) is 11.1 Å². The highest BCUT2D eigenvalue weighted by Crippen LogP contribution is 2.26. The summed E-state index contributed by atoms with van der Waals surface area (Å²) in [6.07, 6.45) is 4.69. The number of piperidine rings is 1. The molecule has 0 N–H and O–H groups in total. The number of hydrogen-bond donors (Lipinski definition) is 0. The number of benzene rings is 1. The number of nitrogens with zero attached hydrogens (tertiary/aromatic N) is 5. The Hall–Kier alpha value is -2.63. The lowest BCUT2D eigenvalue weighted by molar-refractivity contribution is -0.136. The van der Waals surface area contributed by atoms with Crippen molar-refractivity contribution in [1.82, 2.24) is 14.9 Å². The van der Waals surface area contributed by atoms with Crippen LogP contribution in [0.5, 0.6) is 0 Å². The van der Waals surface area contributed by atoms with Gasteiger partial charge in [0.05, 0.1) is 5.92 Å². The quantitative estimate of drug-likeness (QED) is 0.836. The third-order valence-electron chi connectivity index (χ3n) is 5.58. The van der Waals surface area contributed by atoms with Gasteiger partial charge >= 0.3 is 0 Å². The van der Waals surface area contributed by atoms with Gasteiger partial charge in [-0.2, -0.15) is 4.98 Å². The molecule has 1 fully saturated rings. The summed E-state index contributed by atoms with van der Waals surface area (Å²) in [4.78, 5) is 28.4. The van der Waals surface area contributed by atoms with Crippen LogP contribution >= 0.6 is 0 Å². The van der Waals surface area contributed by atoms with Gasteiger partial charge < -0.3 is 14.7 Å². The molecule has 2 aliphatic heterocycles. The van der Waals surface area contributed by atoms with Gasteiger partial charge in [0.15, 0.2) is 0 Å². The number of anilines is 2. The van der Waals surface area contributed by atoms with E-state index in [2.05, 4.69) is 39.1 Å². The summed E-state index contributed by atoms with van der Waals surface area (Å²) in [5.74, 6) is 1.91. The van der Waals surface area contributed by atoms with Crippen LogP contribution in [0, 0.1) is 5.92 Å². The van der Waals surface area contributed by atoms with Crippen LogP contribution in [0.4, 0.5) is 11.8 Å². The van der Waals surface area contributed by atoms with Gasteiger partial charge in [-0.15, -0.1) is 0 Å². The Morgan fingerprint density at radius 3 is 2.78 bits per heavy atom. The number of hydrogen-bond acceptors (Lipinski definition) is 5. The minimum atomic E-state index is 0.0237. The lowest BCUT2D eigenvalue weighted by Gasteiger charge is -2.36. The Bertz CT molecular complexity index is 822. The van der Waals surface area contributed by atoms with Crippen molar-refractivity contribution in [2.45, 2.75) is 25.8 Å². The van der Waals surface area contributed by atoms with Crippen LogP contribution < -0.4 is 9.80 Å². The molecule has 0 radical (unpaired) electrons. The minimum Gasteiger partial charge on any atom is -0.363 e. The summed E-state index contributed by atoms with van der Waals surface area (Å²) in [6.45, 7) is 3.16. The van der Waals surface area contributed by atoms with Crippen LogP contribution in [0.15, 0.2) is 36.5 Å². The van der Waals surface area contributed by atoms with E-state index in [4.69, 9.17) is 0 Å². The number of rotatable bonds is 3. The summed E-state index contributed by atoms with van der Waals surface area (Å²) in [5.41, 5.74) is 2.66. The predicted octanol–water partition coefficient (Wildman–Crippen LogP) is 2.34. The van der Waals surface area contributed by atoms with Crippen molar-refractivity contribution in [3.05, 3.63) is 47.7 Å². The zero-order valence-electron chi connectivity index (χ0n) is 16.1. The Balaban J connectivity index is 1.45. The number of fused-ring (bicyclic) bond motifs is 1. The average molecular weight is 365 g/mol. The SMILES string of the molecule is CN(C)c1ccnc(N2CCCC(C(=O)N3CCc4ccccc4C3)C2)n1. The third kappa shape index (κ3) is 3.75. The molecule has 1 amide bonds. The molecule has 1 aromatic heterocycles. The van der Waals surface area contributed by atoms with Crippen molar-refractivity contribution in [3.63, 3.8) is 0 Å². The van der Waals surface area contributed by atoms with Gasteiger partial charge in [0.2, 0.25) is 11.9 Å². The average Bonchev–Trinajstić information content (AvgIpc) is 2.73. The summed E-state index contributed by atoms with van der Waals surface area (Å²) in [7, 11) is 3.95. The van der Waals surface area contributed by atoms with Gasteiger partial charge in [0.1, 0.15) is 5.82 Å². The molecular formula is C21H27N5O. The number of carbonyl (C=O) groups excluding carboxylic acids is 1. The summed E-state index contributed by atoms with van der Waals surface area (Å²) in [5, 5.41) is 0. The maximum atomic E-state index is 13.2. The van der Waals surface area contributed by atoms with Gasteiger partial charge in [0.25, 0.3) is 0 Å². The Kier molecular flexibility index (Phi) is 4.97. The molecule has 1 atom stereocenters. The van der Waals surface area contributed by atoms with E-state index in [-0.39, 0.29) is 11.8 Å². The first-order chi connectivity index (χ1) is 13.1. The summed E-state index contributed by atoms with van der Waals surface area (Å²) >= 11 is 0. The van der Waals surface area contributed by atoms with E-state index in [0.29, 0.717) is 6.54 Å². The highest BCUT2D eigenvalue weighted by atomic mass is 16.2. The first kappa shape index (κ1) is 17.8. The van der Waals surface area contributed by atoms with Gasteiger partial charge in [-0.25, -0.2) is 4.98 Å². The molecule has 142 valence electrons. The maximum Gasteiger partial charge on any atom is 0.227 e. The van der Waals surface area contributed by atoms with Crippen LogP contribution in [0.2, 0.25) is 0 Å². The summed E-state index contributed by atoms with van der Waals surface area (Å²) < 4.78 is 0. The molecule has 0 saturated carbocycles. The van der Waals surface area contributed by atoms with Gasteiger partial charge in [0, 0.05) is 46.5 Å². The highest BCUT2D eigenvalue weighted by molar-refractivity contribution is 5.80. The van der Waals surface area contributed by atoms with Crippen LogP contribution in [0.1, 0.15) is 24.0 Å². The van der Waals surface area contributed by atoms with E-state index in [1.807, 2.05) is 30.0 Å². The molecule has 6 nitrogen and oxygen atoms in total. The molecular weight excluding hydrogens is 338 g/mol. The van der Waals surface area contributed by atoms with Crippen LogP contribution in [0.3, 0.4) is 0 Å². The maximum absolute atomic E-state index is 13.2. The van der Waals surface area contributed by atoms with Crippen molar-refractivity contribution in [2.75, 3.05) is 43.5 Å². The van der Waals surface area contributed by atoms with E-state index in [0.717, 1.165) is 50.7 Å². The van der Waals surface area contributed by atoms with Crippen LogP contribution in [0.25, 0.3) is 0 Å². The van der Waals surface area contributed by atoms with Crippen LogP contribution in [-0.4, -0.2) is 54.5 Å². The Morgan fingerprint density at radius 2 is 1.96 bits per heavy atom. The molecule has 2 aliphatic rings. The lowest BCUT2D eigenvalue weighted by atomic mass is 9.94. The minimum absolute atomic E-state index is 0.0237. The zero-order chi connectivity index (χ0) is 18.8. The number of amides is 1. The van der Waals surface area contributed by atoms with E-state index in [9.17, 15) is 4.79 Å². The lowest BCUT2D eigenvalue weighted by Crippen LogP contribution is -2.46. The Morgan fingerprint density at radius 1 is 1.15 bits per heavy atom. The van der Waals surface area contributed by atoms with Crippen molar-refractivity contribution in [2.24, 2.45) is 5.92 Å². The second-order valence-electron chi connectivity index (χ2n) is 7.67. The standard InChI is InChI=1S/C21H27N5O/c1-24(2)19-9-11-22-21(23-19)26-12-5-8-18(15-26)20(27)25-13-10-16-6-3-4-7-17(16)14-25/h3-4,6-7,9,11,18H,5,8,10,12-15H2,1-2H3. The molecule has 27 heavy (non-hydrogen) atoms. The topological polar surface area (TPSA) is 52.6 Å². The predicted molar refractivity (Wildman–Crippen MR) is 107 cm³/mol. The normalized spacial score (nSPS) is 19.6. The fourth-order valence-corrected chi connectivity index (χ4v) is 4.04. The molecule has 2 aromatic rings. The van der Waals surface area contributed by atoms with Crippen molar-refractivity contribution in [3.8, 4) is 0 Å². The second-order valence-corrected chi connectivity index (χ2v) is 7.67. The van der Waals surface area contributed by atoms with E-state index < -0.39 is 0 Å². The fourth-order valence-electron chi connectivity index (χ4n) is 4.04. The zero-order valence-corrected chi connectivity index (χ0v) is 16.1. The molecule has 6 heteroatoms. The molecule has 1 aromatic carbocycles. The Labute approximate surface area is 160 Å². The molecule has 1 saturated heterocycles. The van der Waals surface area contributed by atoms with E-state index in [1.54, 1.807) is 6.20 Å². The first-order valence-corrected chi connectivity index (χ1v) is 9.72. The molecule has 3 heterocycles. The fraction of sp³-hybridized carbons (Fsp3) is 0.476. The highest BCUT2D eigenvalue weighted by Gasteiger charge is 2.31. The summed E-state index contributed by atoms with van der Waals surface area (Å²) in [6, 6.07) is 10.4.